The summed E-state index contributed by atoms with van der Waals surface area (Å²) < 4.78 is 24.2. The van der Waals surface area contributed by atoms with Crippen molar-refractivity contribution in [1.29, 1.82) is 0 Å². The van der Waals surface area contributed by atoms with Gasteiger partial charge in [-0.05, 0) is 49.0 Å². The Morgan fingerprint density at radius 1 is 1.10 bits per heavy atom. The molecule has 1 aromatic heterocycles. The molecule has 1 saturated heterocycles. The number of halogens is 1. The summed E-state index contributed by atoms with van der Waals surface area (Å²) in [6.07, 6.45) is 0. The summed E-state index contributed by atoms with van der Waals surface area (Å²) in [5.41, 5.74) is 1.22. The highest BCUT2D eigenvalue weighted by Crippen LogP contribution is 2.27. The first-order valence-corrected chi connectivity index (χ1v) is 9.60. The molecule has 2 atom stereocenters. The van der Waals surface area contributed by atoms with Crippen molar-refractivity contribution in [3.05, 3.63) is 89.6 Å². The highest BCUT2D eigenvalue weighted by atomic mass is 19.1. The second-order valence-corrected chi connectivity index (χ2v) is 7.33. The molecule has 29 heavy (non-hydrogen) atoms. The lowest BCUT2D eigenvalue weighted by Gasteiger charge is -2.19. The van der Waals surface area contributed by atoms with Crippen LogP contribution in [0.15, 0.2) is 71.1 Å². The molecule has 6 heteroatoms. The van der Waals surface area contributed by atoms with Crippen LogP contribution in [0, 0.1) is 5.82 Å². The molecule has 1 aliphatic heterocycles. The van der Waals surface area contributed by atoms with Crippen molar-refractivity contribution in [3.63, 3.8) is 0 Å². The van der Waals surface area contributed by atoms with Gasteiger partial charge in [0.05, 0.1) is 6.04 Å². The zero-order chi connectivity index (χ0) is 20.2. The maximum atomic E-state index is 12.9. The van der Waals surface area contributed by atoms with Gasteiger partial charge in [0.25, 0.3) is 5.91 Å². The largest absolute Gasteiger partial charge is 0.486 e. The second kappa shape index (κ2) is 8.49. The summed E-state index contributed by atoms with van der Waals surface area (Å²) in [6.45, 7) is 1.84. The molecule has 0 spiro atoms. The van der Waals surface area contributed by atoms with Gasteiger partial charge in [0, 0.05) is 19.0 Å². The Morgan fingerprint density at radius 3 is 2.62 bits per heavy atom. The molecule has 1 fully saturated rings. The standard InChI is InChI=1S/C23H23FN2O3/c1-26-13-20(16-5-3-2-4-6-16)21(14-26)25-23(27)22-12-11-19(29-22)15-28-18-9-7-17(24)8-10-18/h2-12,20-21H,13-15H2,1H3,(H,25,27)/t20-,21+/m1/s1. The van der Waals surface area contributed by atoms with E-state index in [0.717, 1.165) is 13.1 Å². The normalized spacial score (nSPS) is 19.2. The summed E-state index contributed by atoms with van der Waals surface area (Å²) in [6, 6.07) is 19.4. The van der Waals surface area contributed by atoms with E-state index in [1.807, 2.05) is 18.2 Å². The number of nitrogens with one attached hydrogen (secondary N) is 1. The Balaban J connectivity index is 1.37. The molecule has 4 rings (SSSR count). The van der Waals surface area contributed by atoms with Crippen molar-refractivity contribution >= 4 is 5.91 Å². The minimum absolute atomic E-state index is 0.0129. The minimum Gasteiger partial charge on any atom is -0.486 e. The number of carbonyl (C=O) groups is 1. The summed E-state index contributed by atoms with van der Waals surface area (Å²) >= 11 is 0. The summed E-state index contributed by atoms with van der Waals surface area (Å²) in [5.74, 6) is 1.00. The van der Waals surface area contributed by atoms with Gasteiger partial charge in [0.2, 0.25) is 0 Å². The molecule has 1 N–H and O–H groups in total. The molecular weight excluding hydrogens is 371 g/mol. The topological polar surface area (TPSA) is 54.7 Å². The van der Waals surface area contributed by atoms with Crippen molar-refractivity contribution in [2.75, 3.05) is 20.1 Å². The molecule has 2 heterocycles. The first-order valence-electron chi connectivity index (χ1n) is 9.60. The Kier molecular flexibility index (Phi) is 5.62. The molecule has 0 unspecified atom stereocenters. The molecule has 150 valence electrons. The SMILES string of the molecule is CN1C[C@H](NC(=O)c2ccc(COc3ccc(F)cc3)o2)[C@@H](c2ccccc2)C1. The van der Waals surface area contributed by atoms with Crippen LogP contribution < -0.4 is 10.1 Å². The van der Waals surface area contributed by atoms with Crippen LogP contribution >= 0.6 is 0 Å². The zero-order valence-corrected chi connectivity index (χ0v) is 16.2. The third-order valence-electron chi connectivity index (χ3n) is 5.13. The average molecular weight is 394 g/mol. The van der Waals surface area contributed by atoms with Crippen LogP contribution in [-0.4, -0.2) is 37.0 Å². The van der Waals surface area contributed by atoms with E-state index in [-0.39, 0.29) is 36.1 Å². The van der Waals surface area contributed by atoms with Gasteiger partial charge in [0.15, 0.2) is 5.76 Å². The van der Waals surface area contributed by atoms with Crippen LogP contribution in [0.5, 0.6) is 5.75 Å². The lowest BCUT2D eigenvalue weighted by molar-refractivity contribution is 0.0903. The first kappa shape index (κ1) is 19.2. The quantitative estimate of drug-likeness (QED) is 0.691. The molecule has 0 bridgehead atoms. The van der Waals surface area contributed by atoms with Gasteiger partial charge in [-0.1, -0.05) is 30.3 Å². The Labute approximate surface area is 169 Å². The van der Waals surface area contributed by atoms with E-state index in [9.17, 15) is 9.18 Å². The van der Waals surface area contributed by atoms with Gasteiger partial charge in [-0.2, -0.15) is 0 Å². The van der Waals surface area contributed by atoms with Crippen LogP contribution in [0.2, 0.25) is 0 Å². The van der Waals surface area contributed by atoms with E-state index in [2.05, 4.69) is 29.4 Å². The van der Waals surface area contributed by atoms with E-state index >= 15 is 0 Å². The highest BCUT2D eigenvalue weighted by Gasteiger charge is 2.33. The third kappa shape index (κ3) is 4.66. The number of carbonyl (C=O) groups excluding carboxylic acids is 1. The number of furan rings is 1. The number of hydrogen-bond acceptors (Lipinski definition) is 4. The van der Waals surface area contributed by atoms with Gasteiger partial charge < -0.3 is 19.4 Å². The molecule has 5 nitrogen and oxygen atoms in total. The fourth-order valence-corrected chi connectivity index (χ4v) is 3.69. The first-order chi connectivity index (χ1) is 14.1. The Bertz CT molecular complexity index is 956. The second-order valence-electron chi connectivity index (χ2n) is 7.33. The van der Waals surface area contributed by atoms with Crippen LogP contribution in [0.25, 0.3) is 0 Å². The number of ether oxygens (including phenoxy) is 1. The van der Waals surface area contributed by atoms with Crippen LogP contribution in [0.1, 0.15) is 27.8 Å². The van der Waals surface area contributed by atoms with E-state index in [0.29, 0.717) is 11.5 Å². The van der Waals surface area contributed by atoms with Crippen molar-refractivity contribution in [2.45, 2.75) is 18.6 Å². The highest BCUT2D eigenvalue weighted by molar-refractivity contribution is 5.91. The minimum atomic E-state index is -0.319. The summed E-state index contributed by atoms with van der Waals surface area (Å²) in [7, 11) is 2.06. The van der Waals surface area contributed by atoms with Crippen molar-refractivity contribution in [3.8, 4) is 5.75 Å². The molecular formula is C23H23FN2O3. The van der Waals surface area contributed by atoms with Crippen LogP contribution in [0.3, 0.4) is 0 Å². The Morgan fingerprint density at radius 2 is 1.86 bits per heavy atom. The zero-order valence-electron chi connectivity index (χ0n) is 16.2. The van der Waals surface area contributed by atoms with E-state index < -0.39 is 0 Å². The predicted octanol–water partition coefficient (Wildman–Crippen LogP) is 3.83. The predicted molar refractivity (Wildman–Crippen MR) is 107 cm³/mol. The van der Waals surface area contributed by atoms with Gasteiger partial charge in [-0.15, -0.1) is 0 Å². The lowest BCUT2D eigenvalue weighted by atomic mass is 9.94. The molecule has 1 amide bonds. The number of hydrogen-bond donors (Lipinski definition) is 1. The molecule has 1 aliphatic rings. The van der Waals surface area contributed by atoms with Gasteiger partial charge in [-0.25, -0.2) is 4.39 Å². The third-order valence-corrected chi connectivity index (χ3v) is 5.13. The number of benzene rings is 2. The molecule has 2 aromatic carbocycles. The number of likely N-dealkylation sites (tertiary alicyclic amines) is 1. The molecule has 0 radical (unpaired) electrons. The fraction of sp³-hybridized carbons (Fsp3) is 0.261. The average Bonchev–Trinajstić information content (AvgIpc) is 3.35. The number of nitrogens with zero attached hydrogens (tertiary/aromatic N) is 1. The van der Waals surface area contributed by atoms with Gasteiger partial charge in [0.1, 0.15) is 23.9 Å². The molecule has 0 saturated carbocycles. The van der Waals surface area contributed by atoms with Crippen molar-refractivity contribution in [2.24, 2.45) is 0 Å². The van der Waals surface area contributed by atoms with Crippen molar-refractivity contribution in [1.82, 2.24) is 10.2 Å². The van der Waals surface area contributed by atoms with E-state index in [4.69, 9.17) is 9.15 Å². The van der Waals surface area contributed by atoms with Gasteiger partial charge in [-0.3, -0.25) is 4.79 Å². The number of likely N-dealkylation sites (N-methyl/N-ethyl adjacent to an activating group) is 1. The number of amides is 1. The summed E-state index contributed by atoms with van der Waals surface area (Å²) in [4.78, 5) is 14.9. The fourth-order valence-electron chi connectivity index (χ4n) is 3.69. The van der Waals surface area contributed by atoms with Crippen LogP contribution in [-0.2, 0) is 6.61 Å². The maximum absolute atomic E-state index is 12.9. The van der Waals surface area contributed by atoms with Crippen LogP contribution in [0.4, 0.5) is 4.39 Å². The monoisotopic (exact) mass is 394 g/mol. The van der Waals surface area contributed by atoms with Crippen molar-refractivity contribution < 1.29 is 18.3 Å². The lowest BCUT2D eigenvalue weighted by Crippen LogP contribution is -2.39. The van der Waals surface area contributed by atoms with Gasteiger partial charge >= 0.3 is 0 Å². The maximum Gasteiger partial charge on any atom is 0.287 e. The molecule has 0 aliphatic carbocycles. The summed E-state index contributed by atoms with van der Waals surface area (Å²) in [5, 5.41) is 3.11. The Hall–Kier alpha value is -3.12. The number of rotatable bonds is 6. The smallest absolute Gasteiger partial charge is 0.287 e. The van der Waals surface area contributed by atoms with E-state index in [1.54, 1.807) is 24.3 Å². The van der Waals surface area contributed by atoms with E-state index in [1.165, 1.54) is 17.7 Å². The molecule has 3 aromatic rings.